The van der Waals surface area contributed by atoms with Crippen LogP contribution in [-0.2, 0) is 15.9 Å². The molecule has 0 aliphatic carbocycles. The Labute approximate surface area is 156 Å². The Hall–Kier alpha value is -1.37. The molecule has 3 heterocycles. The van der Waals surface area contributed by atoms with Crippen molar-refractivity contribution in [1.29, 1.82) is 0 Å². The van der Waals surface area contributed by atoms with Crippen LogP contribution < -0.4 is 5.46 Å². The zero-order chi connectivity index (χ0) is 18.4. The summed E-state index contributed by atoms with van der Waals surface area (Å²) in [5.74, 6) is 0. The Morgan fingerprint density at radius 1 is 1.04 bits per heavy atom. The van der Waals surface area contributed by atoms with Gasteiger partial charge in [-0.3, -0.25) is 4.68 Å². The first-order valence-electron chi connectivity index (χ1n) is 9.89. The lowest BCUT2D eigenvalue weighted by molar-refractivity contribution is 0.00578. The topological polar surface area (TPSA) is 39.5 Å². The molecule has 2 aromatic rings. The van der Waals surface area contributed by atoms with Crippen LogP contribution in [0.5, 0.6) is 0 Å². The average Bonchev–Trinajstić information content (AvgIpc) is 3.27. The van der Waals surface area contributed by atoms with Crippen molar-refractivity contribution in [2.24, 2.45) is 0 Å². The number of hydrogen-bond acceptors (Lipinski definition) is 4. The summed E-state index contributed by atoms with van der Waals surface area (Å²) in [6, 6.07) is 6.40. The Morgan fingerprint density at radius 3 is 2.42 bits per heavy atom. The lowest BCUT2D eigenvalue weighted by Crippen LogP contribution is -2.41. The highest BCUT2D eigenvalue weighted by atomic mass is 16.7. The normalized spacial score (nSPS) is 22.5. The van der Waals surface area contributed by atoms with Crippen molar-refractivity contribution >= 4 is 23.5 Å². The zero-order valence-electron chi connectivity index (χ0n) is 16.5. The first-order valence-corrected chi connectivity index (χ1v) is 9.89. The minimum absolute atomic E-state index is 0.317. The molecule has 0 atom stereocenters. The first-order chi connectivity index (χ1) is 12.4. The SMILES string of the molecule is CC1(C)OB(c2ccc3cnn(CCCN4CCCC4)c3c2)OC1(C)C. The van der Waals surface area contributed by atoms with Crippen molar-refractivity contribution in [2.45, 2.75) is 64.7 Å². The van der Waals surface area contributed by atoms with Crippen LogP contribution in [-0.4, -0.2) is 52.6 Å². The average molecular weight is 355 g/mol. The molecule has 0 spiro atoms. The number of likely N-dealkylation sites (tertiary alicyclic amines) is 1. The van der Waals surface area contributed by atoms with Gasteiger partial charge in [-0.2, -0.15) is 5.10 Å². The molecule has 0 radical (unpaired) electrons. The molecule has 0 bridgehead atoms. The maximum absolute atomic E-state index is 6.21. The fraction of sp³-hybridized carbons (Fsp3) is 0.650. The summed E-state index contributed by atoms with van der Waals surface area (Å²) in [6.07, 6.45) is 5.79. The number of fused-ring (bicyclic) bond motifs is 1. The predicted molar refractivity (Wildman–Crippen MR) is 106 cm³/mol. The smallest absolute Gasteiger partial charge is 0.399 e. The van der Waals surface area contributed by atoms with E-state index in [0.717, 1.165) is 25.0 Å². The summed E-state index contributed by atoms with van der Waals surface area (Å²) in [4.78, 5) is 2.56. The van der Waals surface area contributed by atoms with Crippen molar-refractivity contribution in [3.05, 3.63) is 24.4 Å². The van der Waals surface area contributed by atoms with E-state index in [0.29, 0.717) is 0 Å². The molecule has 0 amide bonds. The highest BCUT2D eigenvalue weighted by Crippen LogP contribution is 2.36. The van der Waals surface area contributed by atoms with E-state index in [1.807, 2.05) is 6.20 Å². The molecule has 2 fully saturated rings. The Morgan fingerprint density at radius 2 is 1.73 bits per heavy atom. The number of benzene rings is 1. The summed E-state index contributed by atoms with van der Waals surface area (Å²) in [7, 11) is -0.322. The van der Waals surface area contributed by atoms with Gasteiger partial charge in [0.1, 0.15) is 0 Å². The molecule has 0 saturated carbocycles. The second kappa shape index (κ2) is 6.66. The van der Waals surface area contributed by atoms with E-state index in [-0.39, 0.29) is 18.3 Å². The molecular formula is C20H30BN3O2. The van der Waals surface area contributed by atoms with Crippen molar-refractivity contribution in [2.75, 3.05) is 19.6 Å². The third-order valence-corrected chi connectivity index (χ3v) is 6.24. The van der Waals surface area contributed by atoms with Crippen LogP contribution in [0.15, 0.2) is 24.4 Å². The van der Waals surface area contributed by atoms with Gasteiger partial charge in [0.2, 0.25) is 0 Å². The van der Waals surface area contributed by atoms with Crippen LogP contribution in [0.3, 0.4) is 0 Å². The van der Waals surface area contributed by atoms with Gasteiger partial charge in [0, 0.05) is 11.9 Å². The molecule has 4 rings (SSSR count). The van der Waals surface area contributed by atoms with Crippen LogP contribution in [0.4, 0.5) is 0 Å². The second-order valence-corrected chi connectivity index (χ2v) is 8.68. The molecule has 2 saturated heterocycles. The Balaban J connectivity index is 1.49. The largest absolute Gasteiger partial charge is 0.494 e. The van der Waals surface area contributed by atoms with E-state index in [4.69, 9.17) is 9.31 Å². The van der Waals surface area contributed by atoms with Gasteiger partial charge in [-0.1, -0.05) is 12.1 Å². The number of aromatic nitrogens is 2. The molecular weight excluding hydrogens is 325 g/mol. The molecule has 5 nitrogen and oxygen atoms in total. The molecule has 6 heteroatoms. The van der Waals surface area contributed by atoms with Crippen LogP contribution in [0, 0.1) is 0 Å². The molecule has 140 valence electrons. The molecule has 26 heavy (non-hydrogen) atoms. The van der Waals surface area contributed by atoms with E-state index < -0.39 is 0 Å². The summed E-state index contributed by atoms with van der Waals surface area (Å²) in [5.41, 5.74) is 1.60. The van der Waals surface area contributed by atoms with E-state index >= 15 is 0 Å². The van der Waals surface area contributed by atoms with E-state index in [1.54, 1.807) is 0 Å². The summed E-state index contributed by atoms with van der Waals surface area (Å²) in [6.45, 7) is 13.0. The zero-order valence-corrected chi connectivity index (χ0v) is 16.5. The fourth-order valence-electron chi connectivity index (χ4n) is 3.84. The minimum atomic E-state index is -0.322. The maximum Gasteiger partial charge on any atom is 0.494 e. The van der Waals surface area contributed by atoms with Crippen LogP contribution >= 0.6 is 0 Å². The molecule has 0 N–H and O–H groups in total. The third-order valence-electron chi connectivity index (χ3n) is 6.24. The van der Waals surface area contributed by atoms with Gasteiger partial charge in [0.05, 0.1) is 22.9 Å². The molecule has 1 aromatic carbocycles. The molecule has 0 unspecified atom stereocenters. The summed E-state index contributed by atoms with van der Waals surface area (Å²) >= 11 is 0. The summed E-state index contributed by atoms with van der Waals surface area (Å²) < 4.78 is 14.5. The highest BCUT2D eigenvalue weighted by molar-refractivity contribution is 6.62. The van der Waals surface area contributed by atoms with Crippen molar-refractivity contribution in [3.8, 4) is 0 Å². The quantitative estimate of drug-likeness (QED) is 0.774. The molecule has 2 aliphatic rings. The monoisotopic (exact) mass is 355 g/mol. The van der Waals surface area contributed by atoms with Gasteiger partial charge in [-0.25, -0.2) is 0 Å². The van der Waals surface area contributed by atoms with Crippen molar-refractivity contribution in [3.63, 3.8) is 0 Å². The summed E-state index contributed by atoms with van der Waals surface area (Å²) in [5, 5.41) is 5.77. The van der Waals surface area contributed by atoms with Crippen molar-refractivity contribution < 1.29 is 9.31 Å². The number of aryl methyl sites for hydroxylation is 1. The van der Waals surface area contributed by atoms with Gasteiger partial charge in [0.25, 0.3) is 0 Å². The van der Waals surface area contributed by atoms with Gasteiger partial charge in [-0.15, -0.1) is 0 Å². The van der Waals surface area contributed by atoms with Gasteiger partial charge >= 0.3 is 7.12 Å². The predicted octanol–water partition coefficient (Wildman–Crippen LogP) is 2.82. The third kappa shape index (κ3) is 3.30. The van der Waals surface area contributed by atoms with E-state index in [2.05, 4.69) is 60.6 Å². The van der Waals surface area contributed by atoms with Gasteiger partial charge in [-0.05, 0) is 78.1 Å². The van der Waals surface area contributed by atoms with Gasteiger partial charge in [0.15, 0.2) is 0 Å². The number of hydrogen-bond donors (Lipinski definition) is 0. The highest BCUT2D eigenvalue weighted by Gasteiger charge is 2.51. The standard InChI is InChI=1S/C20H30BN3O2/c1-19(2)20(3,4)26-21(25-19)17-9-8-16-15-22-24(18(16)14-17)13-7-12-23-10-5-6-11-23/h8-9,14-15H,5-7,10-13H2,1-4H3. The minimum Gasteiger partial charge on any atom is -0.399 e. The maximum atomic E-state index is 6.21. The van der Waals surface area contributed by atoms with Gasteiger partial charge < -0.3 is 14.2 Å². The first kappa shape index (κ1) is 18.0. The Kier molecular flexibility index (Phi) is 4.62. The molecule has 1 aromatic heterocycles. The van der Waals surface area contributed by atoms with Crippen LogP contribution in [0.2, 0.25) is 0 Å². The number of rotatable bonds is 5. The molecule has 2 aliphatic heterocycles. The lowest BCUT2D eigenvalue weighted by atomic mass is 9.79. The van der Waals surface area contributed by atoms with E-state index in [9.17, 15) is 0 Å². The Bertz CT molecular complexity index is 764. The van der Waals surface area contributed by atoms with Crippen LogP contribution in [0.1, 0.15) is 47.0 Å². The number of nitrogens with zero attached hydrogens (tertiary/aromatic N) is 3. The lowest BCUT2D eigenvalue weighted by Gasteiger charge is -2.32. The van der Waals surface area contributed by atoms with E-state index in [1.165, 1.54) is 36.8 Å². The second-order valence-electron chi connectivity index (χ2n) is 8.68. The fourth-order valence-corrected chi connectivity index (χ4v) is 3.84. The van der Waals surface area contributed by atoms with Crippen LogP contribution in [0.25, 0.3) is 10.9 Å². The van der Waals surface area contributed by atoms with Crippen molar-refractivity contribution in [1.82, 2.24) is 14.7 Å².